The zero-order valence-corrected chi connectivity index (χ0v) is 12.2. The lowest BCUT2D eigenvalue weighted by molar-refractivity contribution is -0.527. The fourth-order valence-electron chi connectivity index (χ4n) is 3.20. The highest BCUT2D eigenvalue weighted by molar-refractivity contribution is 5.45. The SMILES string of the molecule is C[C@H](C(c1ccc2c(c1)OCO2)N1CCCCC1)[N+](=O)[O-]. The van der Waals surface area contributed by atoms with Crippen LogP contribution in [0.15, 0.2) is 18.2 Å². The van der Waals surface area contributed by atoms with Gasteiger partial charge in [0.05, 0.1) is 0 Å². The maximum absolute atomic E-state index is 11.3. The van der Waals surface area contributed by atoms with Crippen LogP contribution in [0.3, 0.4) is 0 Å². The standard InChI is InChI=1S/C15H20N2O4/c1-11(17(18)19)15(16-7-3-2-4-8-16)12-5-6-13-14(9-12)21-10-20-13/h5-6,9,11,15H,2-4,7-8,10H2,1H3/t11-,15?/m1/s1. The average Bonchev–Trinajstić information content (AvgIpc) is 2.96. The normalized spacial score (nSPS) is 21.0. The first-order valence-corrected chi connectivity index (χ1v) is 7.44. The van der Waals surface area contributed by atoms with Crippen molar-refractivity contribution >= 4 is 0 Å². The lowest BCUT2D eigenvalue weighted by atomic mass is 9.96. The smallest absolute Gasteiger partial charge is 0.231 e. The Labute approximate surface area is 123 Å². The van der Waals surface area contributed by atoms with Gasteiger partial charge in [-0.2, -0.15) is 0 Å². The topological polar surface area (TPSA) is 64.8 Å². The van der Waals surface area contributed by atoms with E-state index in [1.165, 1.54) is 6.42 Å². The van der Waals surface area contributed by atoms with Gasteiger partial charge in [-0.1, -0.05) is 12.5 Å². The Hall–Kier alpha value is -1.82. The molecule has 6 heteroatoms. The van der Waals surface area contributed by atoms with Crippen LogP contribution in [0.4, 0.5) is 0 Å². The Morgan fingerprint density at radius 1 is 1.19 bits per heavy atom. The molecule has 1 aromatic rings. The molecule has 0 aromatic heterocycles. The molecule has 0 amide bonds. The summed E-state index contributed by atoms with van der Waals surface area (Å²) in [5.41, 5.74) is 0.936. The van der Waals surface area contributed by atoms with E-state index in [0.29, 0.717) is 11.5 Å². The third-order valence-corrected chi connectivity index (χ3v) is 4.31. The number of nitrogens with zero attached hydrogens (tertiary/aromatic N) is 2. The number of piperidine rings is 1. The third kappa shape index (κ3) is 2.81. The fourth-order valence-corrected chi connectivity index (χ4v) is 3.20. The predicted molar refractivity (Wildman–Crippen MR) is 77.2 cm³/mol. The van der Waals surface area contributed by atoms with E-state index < -0.39 is 6.04 Å². The summed E-state index contributed by atoms with van der Waals surface area (Å²) in [7, 11) is 0. The molecule has 1 saturated heterocycles. The van der Waals surface area contributed by atoms with Crippen LogP contribution < -0.4 is 9.47 Å². The summed E-state index contributed by atoms with van der Waals surface area (Å²) >= 11 is 0. The number of hydrogen-bond acceptors (Lipinski definition) is 5. The van der Waals surface area contributed by atoms with E-state index in [-0.39, 0.29) is 17.8 Å². The van der Waals surface area contributed by atoms with Gasteiger partial charge in [0.1, 0.15) is 6.04 Å². The van der Waals surface area contributed by atoms with Gasteiger partial charge in [0.2, 0.25) is 12.8 Å². The summed E-state index contributed by atoms with van der Waals surface area (Å²) in [5, 5.41) is 11.3. The molecule has 2 aliphatic heterocycles. The highest BCUT2D eigenvalue weighted by atomic mass is 16.7. The van der Waals surface area contributed by atoms with E-state index in [9.17, 15) is 10.1 Å². The Bertz CT molecular complexity index is 528. The zero-order chi connectivity index (χ0) is 14.8. The summed E-state index contributed by atoms with van der Waals surface area (Å²) in [6, 6.07) is 4.80. The largest absolute Gasteiger partial charge is 0.454 e. The Balaban J connectivity index is 1.92. The van der Waals surface area contributed by atoms with Gasteiger partial charge in [0, 0.05) is 11.8 Å². The molecule has 1 fully saturated rings. The van der Waals surface area contributed by atoms with Crippen LogP contribution in [0.1, 0.15) is 37.8 Å². The highest BCUT2D eigenvalue weighted by Gasteiger charge is 2.35. The molecule has 0 saturated carbocycles. The summed E-state index contributed by atoms with van der Waals surface area (Å²) < 4.78 is 10.7. The lowest BCUT2D eigenvalue weighted by Crippen LogP contribution is -2.41. The number of benzene rings is 1. The van der Waals surface area contributed by atoms with Gasteiger partial charge < -0.3 is 9.47 Å². The van der Waals surface area contributed by atoms with Crippen LogP contribution in [-0.2, 0) is 0 Å². The minimum Gasteiger partial charge on any atom is -0.454 e. The maximum Gasteiger partial charge on any atom is 0.231 e. The van der Waals surface area contributed by atoms with Gasteiger partial charge in [0.25, 0.3) is 0 Å². The van der Waals surface area contributed by atoms with Crippen molar-refractivity contribution < 1.29 is 14.4 Å². The van der Waals surface area contributed by atoms with E-state index in [1.54, 1.807) is 6.92 Å². The second kappa shape index (κ2) is 5.89. The van der Waals surface area contributed by atoms with Crippen LogP contribution in [0.5, 0.6) is 11.5 Å². The minimum absolute atomic E-state index is 0.191. The monoisotopic (exact) mass is 292 g/mol. The second-order valence-electron chi connectivity index (χ2n) is 5.68. The van der Waals surface area contributed by atoms with Gasteiger partial charge in [-0.25, -0.2) is 0 Å². The molecule has 6 nitrogen and oxygen atoms in total. The number of likely N-dealkylation sites (tertiary alicyclic amines) is 1. The lowest BCUT2D eigenvalue weighted by Gasteiger charge is -2.35. The second-order valence-corrected chi connectivity index (χ2v) is 5.68. The zero-order valence-electron chi connectivity index (χ0n) is 12.2. The van der Waals surface area contributed by atoms with Crippen LogP contribution in [-0.4, -0.2) is 35.7 Å². The summed E-state index contributed by atoms with van der Waals surface area (Å²) in [5.74, 6) is 1.40. The highest BCUT2D eigenvalue weighted by Crippen LogP contribution is 2.37. The van der Waals surface area contributed by atoms with Gasteiger partial charge >= 0.3 is 0 Å². The minimum atomic E-state index is -0.650. The van der Waals surface area contributed by atoms with E-state index in [1.807, 2.05) is 18.2 Å². The molecule has 1 unspecified atom stereocenters. The van der Waals surface area contributed by atoms with Crippen molar-refractivity contribution in [3.05, 3.63) is 33.9 Å². The van der Waals surface area contributed by atoms with Gasteiger partial charge in [-0.15, -0.1) is 0 Å². The molecule has 0 N–H and O–H groups in total. The molecule has 114 valence electrons. The predicted octanol–water partition coefficient (Wildman–Crippen LogP) is 2.61. The van der Waals surface area contributed by atoms with Crippen molar-refractivity contribution in [2.75, 3.05) is 19.9 Å². The van der Waals surface area contributed by atoms with Crippen LogP contribution >= 0.6 is 0 Å². The first kappa shape index (κ1) is 14.1. The Kier molecular flexibility index (Phi) is 3.96. The van der Waals surface area contributed by atoms with Crippen molar-refractivity contribution in [1.29, 1.82) is 0 Å². The maximum atomic E-state index is 11.3. The molecular weight excluding hydrogens is 272 g/mol. The first-order chi connectivity index (χ1) is 10.2. The van der Waals surface area contributed by atoms with Gasteiger partial charge in [0.15, 0.2) is 11.5 Å². The number of fused-ring (bicyclic) bond motifs is 1. The molecule has 0 spiro atoms. The first-order valence-electron chi connectivity index (χ1n) is 7.44. The molecule has 2 heterocycles. The van der Waals surface area contributed by atoms with Crippen LogP contribution in [0, 0.1) is 10.1 Å². The molecule has 0 radical (unpaired) electrons. The molecule has 0 bridgehead atoms. The number of hydrogen-bond donors (Lipinski definition) is 0. The Morgan fingerprint density at radius 2 is 1.90 bits per heavy atom. The van der Waals surface area contributed by atoms with E-state index in [4.69, 9.17) is 9.47 Å². The molecular formula is C15H20N2O4. The van der Waals surface area contributed by atoms with E-state index >= 15 is 0 Å². The average molecular weight is 292 g/mol. The number of rotatable bonds is 4. The summed E-state index contributed by atoms with van der Waals surface area (Å²) in [6.07, 6.45) is 3.41. The third-order valence-electron chi connectivity index (χ3n) is 4.31. The van der Waals surface area contributed by atoms with Crippen molar-refractivity contribution in [2.45, 2.75) is 38.3 Å². The number of ether oxygens (including phenoxy) is 2. The van der Waals surface area contributed by atoms with Gasteiger partial charge in [-0.05, 0) is 43.6 Å². The van der Waals surface area contributed by atoms with Crippen molar-refractivity contribution in [1.82, 2.24) is 4.90 Å². The number of nitro groups is 1. The fraction of sp³-hybridized carbons (Fsp3) is 0.600. The van der Waals surface area contributed by atoms with Gasteiger partial charge in [-0.3, -0.25) is 15.0 Å². The molecule has 3 rings (SSSR count). The summed E-state index contributed by atoms with van der Waals surface area (Å²) in [6.45, 7) is 3.73. The van der Waals surface area contributed by atoms with E-state index in [0.717, 1.165) is 31.5 Å². The molecule has 1 aromatic carbocycles. The van der Waals surface area contributed by atoms with Crippen LogP contribution in [0.25, 0.3) is 0 Å². The molecule has 2 atom stereocenters. The van der Waals surface area contributed by atoms with Crippen LogP contribution in [0.2, 0.25) is 0 Å². The summed E-state index contributed by atoms with van der Waals surface area (Å²) in [4.78, 5) is 13.4. The molecule has 21 heavy (non-hydrogen) atoms. The van der Waals surface area contributed by atoms with Crippen molar-refractivity contribution in [3.63, 3.8) is 0 Å². The quantitative estimate of drug-likeness (QED) is 0.630. The van der Waals surface area contributed by atoms with E-state index in [2.05, 4.69) is 4.90 Å². The molecule has 2 aliphatic rings. The molecule has 0 aliphatic carbocycles. The van der Waals surface area contributed by atoms with Crippen molar-refractivity contribution in [2.24, 2.45) is 0 Å². The van der Waals surface area contributed by atoms with Crippen molar-refractivity contribution in [3.8, 4) is 11.5 Å². The Morgan fingerprint density at radius 3 is 2.62 bits per heavy atom.